The summed E-state index contributed by atoms with van der Waals surface area (Å²) in [5, 5.41) is 10.2. The molecule has 0 saturated carbocycles. The van der Waals surface area contributed by atoms with Crippen LogP contribution in [0.15, 0.2) is 40.5 Å². The van der Waals surface area contributed by atoms with E-state index in [-0.39, 0.29) is 0 Å². The number of thiophene rings is 1. The molecule has 0 spiro atoms. The zero-order valence-electron chi connectivity index (χ0n) is 17.1. The summed E-state index contributed by atoms with van der Waals surface area (Å²) in [7, 11) is 0. The standard InChI is InChI=1S/C21H24N6S2/c1-5-27(6-2)12-16-22-19-17(13(3)14(4)28-19)20(23-16)29-21-24-18(25-26-21)15-10-8-7-9-11-15/h7-11H,5-6,12H2,1-4H3,(H,24,25,26). The number of H-pyrrole nitrogens is 1. The Morgan fingerprint density at radius 1 is 1.03 bits per heavy atom. The molecule has 4 rings (SSSR count). The summed E-state index contributed by atoms with van der Waals surface area (Å²) in [6.07, 6.45) is 0. The molecule has 0 unspecified atom stereocenters. The zero-order chi connectivity index (χ0) is 20.4. The maximum Gasteiger partial charge on any atom is 0.215 e. The summed E-state index contributed by atoms with van der Waals surface area (Å²) in [4.78, 5) is 19.1. The minimum absolute atomic E-state index is 0.667. The first-order valence-electron chi connectivity index (χ1n) is 9.73. The van der Waals surface area contributed by atoms with E-state index in [1.807, 2.05) is 30.3 Å². The van der Waals surface area contributed by atoms with E-state index < -0.39 is 0 Å². The van der Waals surface area contributed by atoms with E-state index in [1.54, 1.807) is 11.3 Å². The molecular formula is C21H24N6S2. The lowest BCUT2D eigenvalue weighted by Crippen LogP contribution is -2.23. The molecule has 6 nitrogen and oxygen atoms in total. The summed E-state index contributed by atoms with van der Waals surface area (Å²) in [5.41, 5.74) is 2.25. The summed E-state index contributed by atoms with van der Waals surface area (Å²) in [6.45, 7) is 11.3. The van der Waals surface area contributed by atoms with Gasteiger partial charge in [0, 0.05) is 15.8 Å². The van der Waals surface area contributed by atoms with Crippen molar-refractivity contribution >= 4 is 33.3 Å². The Morgan fingerprint density at radius 3 is 2.52 bits per heavy atom. The van der Waals surface area contributed by atoms with Gasteiger partial charge in [0.15, 0.2) is 5.82 Å². The molecule has 150 valence electrons. The Hall–Kier alpha value is -2.29. The minimum Gasteiger partial charge on any atom is -0.296 e. The number of nitrogens with zero attached hydrogens (tertiary/aromatic N) is 5. The van der Waals surface area contributed by atoms with Crippen LogP contribution in [-0.2, 0) is 6.54 Å². The van der Waals surface area contributed by atoms with Crippen LogP contribution in [0.5, 0.6) is 0 Å². The van der Waals surface area contributed by atoms with Crippen molar-refractivity contribution in [2.24, 2.45) is 0 Å². The SMILES string of the molecule is CCN(CC)Cc1nc(Sc2n[nH]c(-c3ccccc3)n2)c2c(C)c(C)sc2n1. The average Bonchev–Trinajstić information content (AvgIpc) is 3.31. The first-order valence-corrected chi connectivity index (χ1v) is 11.4. The molecule has 8 heteroatoms. The largest absolute Gasteiger partial charge is 0.296 e. The van der Waals surface area contributed by atoms with Crippen molar-refractivity contribution in [2.45, 2.75) is 44.4 Å². The fourth-order valence-corrected chi connectivity index (χ4v) is 5.17. The van der Waals surface area contributed by atoms with Crippen molar-refractivity contribution < 1.29 is 0 Å². The minimum atomic E-state index is 0.667. The number of hydrogen-bond donors (Lipinski definition) is 1. The normalized spacial score (nSPS) is 11.6. The van der Waals surface area contributed by atoms with Crippen molar-refractivity contribution in [3.05, 3.63) is 46.6 Å². The lowest BCUT2D eigenvalue weighted by Gasteiger charge is -2.17. The first kappa shape index (κ1) is 20.0. The van der Waals surface area contributed by atoms with E-state index in [0.29, 0.717) is 5.16 Å². The Bertz CT molecular complexity index is 1120. The highest BCUT2D eigenvalue weighted by molar-refractivity contribution is 7.99. The quantitative estimate of drug-likeness (QED) is 0.417. The fourth-order valence-electron chi connectivity index (χ4n) is 3.15. The lowest BCUT2D eigenvalue weighted by atomic mass is 10.2. The molecule has 0 fully saturated rings. The van der Waals surface area contributed by atoms with Crippen molar-refractivity contribution in [1.82, 2.24) is 30.0 Å². The molecule has 0 radical (unpaired) electrons. The predicted molar refractivity (Wildman–Crippen MR) is 119 cm³/mol. The van der Waals surface area contributed by atoms with E-state index in [2.05, 4.69) is 47.8 Å². The van der Waals surface area contributed by atoms with Gasteiger partial charge >= 0.3 is 0 Å². The highest BCUT2D eigenvalue weighted by Crippen LogP contribution is 2.37. The molecule has 3 heterocycles. The van der Waals surface area contributed by atoms with Gasteiger partial charge in [-0.2, -0.15) is 0 Å². The summed E-state index contributed by atoms with van der Waals surface area (Å²) >= 11 is 3.23. The van der Waals surface area contributed by atoms with E-state index in [1.165, 1.54) is 22.2 Å². The van der Waals surface area contributed by atoms with Crippen LogP contribution in [0.25, 0.3) is 21.6 Å². The molecule has 3 aromatic heterocycles. The number of fused-ring (bicyclic) bond motifs is 1. The van der Waals surface area contributed by atoms with Crippen LogP contribution in [0.4, 0.5) is 0 Å². The predicted octanol–water partition coefficient (Wildman–Crippen LogP) is 5.09. The summed E-state index contributed by atoms with van der Waals surface area (Å²) in [6, 6.07) is 10.0. The van der Waals surface area contributed by atoms with Gasteiger partial charge < -0.3 is 0 Å². The molecule has 0 aliphatic heterocycles. The second kappa shape index (κ2) is 8.61. The topological polar surface area (TPSA) is 70.6 Å². The molecule has 0 saturated heterocycles. The maximum absolute atomic E-state index is 4.91. The first-order chi connectivity index (χ1) is 14.1. The Labute approximate surface area is 178 Å². The second-order valence-corrected chi connectivity index (χ2v) is 8.96. The monoisotopic (exact) mass is 424 g/mol. The smallest absolute Gasteiger partial charge is 0.215 e. The molecule has 0 amide bonds. The molecular weight excluding hydrogens is 400 g/mol. The van der Waals surface area contributed by atoms with E-state index in [9.17, 15) is 0 Å². The van der Waals surface area contributed by atoms with Gasteiger partial charge in [0.25, 0.3) is 0 Å². The van der Waals surface area contributed by atoms with Crippen LogP contribution in [-0.4, -0.2) is 43.1 Å². The third kappa shape index (κ3) is 4.19. The van der Waals surface area contributed by atoms with Gasteiger partial charge in [-0.15, -0.1) is 16.4 Å². The lowest BCUT2D eigenvalue weighted by molar-refractivity contribution is 0.288. The second-order valence-electron chi connectivity index (χ2n) is 6.80. The molecule has 1 N–H and O–H groups in total. The van der Waals surface area contributed by atoms with Gasteiger partial charge in [0.1, 0.15) is 15.7 Å². The van der Waals surface area contributed by atoms with Crippen molar-refractivity contribution in [1.29, 1.82) is 0 Å². The molecule has 0 aliphatic carbocycles. The van der Waals surface area contributed by atoms with Gasteiger partial charge in [-0.3, -0.25) is 10.00 Å². The molecule has 1 aromatic carbocycles. The summed E-state index contributed by atoms with van der Waals surface area (Å²) in [5.74, 6) is 1.61. The Morgan fingerprint density at radius 2 is 1.79 bits per heavy atom. The van der Waals surface area contributed by atoms with E-state index >= 15 is 0 Å². The molecule has 4 aromatic rings. The van der Waals surface area contributed by atoms with Gasteiger partial charge in [0.05, 0.1) is 6.54 Å². The zero-order valence-corrected chi connectivity index (χ0v) is 18.7. The van der Waals surface area contributed by atoms with E-state index in [4.69, 9.17) is 9.97 Å². The highest BCUT2D eigenvalue weighted by atomic mass is 32.2. The van der Waals surface area contributed by atoms with Crippen LogP contribution in [0, 0.1) is 13.8 Å². The number of aromatic nitrogens is 5. The Balaban J connectivity index is 1.71. The van der Waals surface area contributed by atoms with Gasteiger partial charge in [-0.05, 0) is 44.3 Å². The van der Waals surface area contributed by atoms with Crippen LogP contribution in [0.1, 0.15) is 30.1 Å². The molecule has 0 atom stereocenters. The molecule has 29 heavy (non-hydrogen) atoms. The van der Waals surface area contributed by atoms with Gasteiger partial charge in [-0.25, -0.2) is 15.0 Å². The van der Waals surface area contributed by atoms with Crippen molar-refractivity contribution in [3.8, 4) is 11.4 Å². The average molecular weight is 425 g/mol. The third-order valence-corrected chi connectivity index (χ3v) is 6.96. The van der Waals surface area contributed by atoms with Crippen LogP contribution < -0.4 is 0 Å². The number of benzene rings is 1. The Kier molecular flexibility index (Phi) is 5.94. The van der Waals surface area contributed by atoms with Gasteiger partial charge in [-0.1, -0.05) is 44.2 Å². The third-order valence-electron chi connectivity index (χ3n) is 5.00. The number of nitrogens with one attached hydrogen (secondary N) is 1. The molecule has 0 aliphatic rings. The van der Waals surface area contributed by atoms with E-state index in [0.717, 1.165) is 52.1 Å². The van der Waals surface area contributed by atoms with Crippen molar-refractivity contribution in [3.63, 3.8) is 0 Å². The number of hydrogen-bond acceptors (Lipinski definition) is 7. The highest BCUT2D eigenvalue weighted by Gasteiger charge is 2.18. The fraction of sp³-hybridized carbons (Fsp3) is 0.333. The van der Waals surface area contributed by atoms with Crippen LogP contribution in [0.3, 0.4) is 0 Å². The van der Waals surface area contributed by atoms with Crippen LogP contribution >= 0.6 is 23.1 Å². The number of aromatic amines is 1. The maximum atomic E-state index is 4.91. The molecule has 0 bridgehead atoms. The summed E-state index contributed by atoms with van der Waals surface area (Å²) < 4.78 is 0. The van der Waals surface area contributed by atoms with Crippen molar-refractivity contribution in [2.75, 3.05) is 13.1 Å². The van der Waals surface area contributed by atoms with Crippen LogP contribution in [0.2, 0.25) is 0 Å². The number of aryl methyl sites for hydroxylation is 2. The number of rotatable bonds is 7. The van der Waals surface area contributed by atoms with Gasteiger partial charge in [0.2, 0.25) is 5.16 Å².